The summed E-state index contributed by atoms with van der Waals surface area (Å²) in [4.78, 5) is 15.0. The average molecular weight is 532 g/mol. The third-order valence-electron chi connectivity index (χ3n) is 6.50. The van der Waals surface area contributed by atoms with Gasteiger partial charge in [0.2, 0.25) is 0 Å². The number of rotatable bonds is 11. The zero-order chi connectivity index (χ0) is 26.2. The number of hydrogen-bond acceptors (Lipinski definition) is 7. The summed E-state index contributed by atoms with van der Waals surface area (Å²) in [6, 6.07) is 13.5. The van der Waals surface area contributed by atoms with Crippen LogP contribution in [0.2, 0.25) is 0 Å². The van der Waals surface area contributed by atoms with E-state index >= 15 is 0 Å². The Labute approximate surface area is 220 Å². The summed E-state index contributed by atoms with van der Waals surface area (Å²) < 4.78 is 38.6. The highest BCUT2D eigenvalue weighted by Crippen LogP contribution is 2.47. The minimum absolute atomic E-state index is 0.0885. The van der Waals surface area contributed by atoms with Crippen molar-refractivity contribution in [2.75, 3.05) is 29.6 Å². The lowest BCUT2D eigenvalue weighted by molar-refractivity contribution is -0.137. The minimum atomic E-state index is -3.62. The molecule has 0 aromatic heterocycles. The molecule has 2 aromatic carbocycles. The van der Waals surface area contributed by atoms with Crippen molar-refractivity contribution in [1.82, 2.24) is 0 Å². The van der Waals surface area contributed by atoms with E-state index in [0.29, 0.717) is 18.0 Å². The van der Waals surface area contributed by atoms with E-state index in [9.17, 15) is 13.2 Å². The van der Waals surface area contributed by atoms with E-state index in [1.165, 1.54) is 12.3 Å². The second-order valence-electron chi connectivity index (χ2n) is 9.01. The van der Waals surface area contributed by atoms with Gasteiger partial charge in [-0.3, -0.25) is 0 Å². The van der Waals surface area contributed by atoms with Crippen LogP contribution in [0, 0.1) is 5.41 Å². The van der Waals surface area contributed by atoms with Gasteiger partial charge < -0.3 is 14.4 Å². The molecule has 8 heteroatoms. The molecule has 1 atom stereocenters. The first-order valence-corrected chi connectivity index (χ1v) is 15.3. The van der Waals surface area contributed by atoms with Crippen molar-refractivity contribution < 1.29 is 22.7 Å². The highest BCUT2D eigenvalue weighted by molar-refractivity contribution is 7.99. The Kier molecular flexibility index (Phi) is 9.91. The predicted molar refractivity (Wildman–Crippen MR) is 147 cm³/mol. The summed E-state index contributed by atoms with van der Waals surface area (Å²) >= 11 is 1.57. The molecule has 1 aliphatic rings. The highest BCUT2D eigenvalue weighted by atomic mass is 32.2. The smallest absolute Gasteiger partial charge is 0.333 e. The van der Waals surface area contributed by atoms with Gasteiger partial charge in [-0.2, -0.15) is 0 Å². The fourth-order valence-electron chi connectivity index (χ4n) is 4.58. The van der Waals surface area contributed by atoms with Gasteiger partial charge in [-0.25, -0.2) is 13.2 Å². The van der Waals surface area contributed by atoms with E-state index in [1.807, 2.05) is 43.3 Å². The van der Waals surface area contributed by atoms with Crippen LogP contribution in [0.25, 0.3) is 0 Å². The maximum atomic E-state index is 13.9. The Morgan fingerprint density at radius 2 is 1.89 bits per heavy atom. The number of anilines is 2. The number of esters is 1. The molecule has 0 spiro atoms. The van der Waals surface area contributed by atoms with Crippen LogP contribution in [0.15, 0.2) is 64.6 Å². The van der Waals surface area contributed by atoms with Gasteiger partial charge in [-0.05, 0) is 43.7 Å². The van der Waals surface area contributed by atoms with E-state index < -0.39 is 15.8 Å². The number of carbonyl (C=O) groups excluding carboxylic acids is 1. The van der Waals surface area contributed by atoms with Crippen molar-refractivity contribution in [2.45, 2.75) is 63.2 Å². The van der Waals surface area contributed by atoms with Crippen LogP contribution in [0.1, 0.15) is 53.4 Å². The van der Waals surface area contributed by atoms with Crippen LogP contribution in [0.3, 0.4) is 0 Å². The van der Waals surface area contributed by atoms with Crippen molar-refractivity contribution in [3.63, 3.8) is 0 Å². The van der Waals surface area contributed by atoms with Gasteiger partial charge >= 0.3 is 5.97 Å². The second-order valence-corrected chi connectivity index (χ2v) is 12.3. The van der Waals surface area contributed by atoms with Crippen molar-refractivity contribution in [1.29, 1.82) is 0 Å². The lowest BCUT2D eigenvalue weighted by Crippen LogP contribution is -2.37. The third-order valence-corrected chi connectivity index (χ3v) is 9.41. The van der Waals surface area contributed by atoms with Crippen LogP contribution < -0.4 is 9.64 Å². The molecule has 0 saturated heterocycles. The summed E-state index contributed by atoms with van der Waals surface area (Å²) in [5, 5.41) is 0. The normalized spacial score (nSPS) is 19.1. The number of thioether (sulfide) groups is 1. The number of benzene rings is 2. The van der Waals surface area contributed by atoms with Gasteiger partial charge in [0.15, 0.2) is 9.84 Å². The molecule has 0 fully saturated rings. The van der Waals surface area contributed by atoms with E-state index in [-0.39, 0.29) is 22.7 Å². The Bertz CT molecular complexity index is 1160. The topological polar surface area (TPSA) is 72.9 Å². The Hall–Kier alpha value is -2.45. The van der Waals surface area contributed by atoms with E-state index in [2.05, 4.69) is 18.7 Å². The molecule has 0 amide bonds. The van der Waals surface area contributed by atoms with Crippen LogP contribution in [0.4, 0.5) is 11.4 Å². The van der Waals surface area contributed by atoms with Crippen LogP contribution >= 0.6 is 11.8 Å². The van der Waals surface area contributed by atoms with Crippen molar-refractivity contribution in [2.24, 2.45) is 5.41 Å². The molecular weight excluding hydrogens is 494 g/mol. The zero-order valence-corrected chi connectivity index (χ0v) is 23.3. The van der Waals surface area contributed by atoms with E-state index in [0.717, 1.165) is 42.0 Å². The summed E-state index contributed by atoms with van der Waals surface area (Å²) in [6.45, 7) is 8.89. The largest absolute Gasteiger partial charge is 0.464 e. The highest BCUT2D eigenvalue weighted by Gasteiger charge is 2.42. The first-order valence-electron chi connectivity index (χ1n) is 12.6. The standard InChI is InChI=1S/C28H37NO5S2/c1-5-9-16-28(6-2)20-29(22-13-11-10-12-14-22)23-18-25(35-8-4)24(19-26(23)36(31,32)21-28)34-17-15-27(30)33-7-3/h10-15,17-19H,5-9,16,20-21H2,1-4H3/b17-15+. The number of ether oxygens (including phenoxy) is 2. The minimum Gasteiger partial charge on any atom is -0.464 e. The van der Waals surface area contributed by atoms with Crippen LogP contribution in [-0.2, 0) is 19.4 Å². The monoisotopic (exact) mass is 531 g/mol. The number of sulfone groups is 1. The number of carbonyl (C=O) groups is 1. The maximum Gasteiger partial charge on any atom is 0.333 e. The molecule has 0 saturated carbocycles. The zero-order valence-electron chi connectivity index (χ0n) is 21.7. The number of nitrogens with zero attached hydrogens (tertiary/aromatic N) is 1. The molecule has 1 heterocycles. The van der Waals surface area contributed by atoms with Crippen molar-refractivity contribution in [3.05, 3.63) is 54.8 Å². The summed E-state index contributed by atoms with van der Waals surface area (Å²) in [5.74, 6) is 0.772. The number of hydrogen-bond donors (Lipinski definition) is 0. The molecule has 36 heavy (non-hydrogen) atoms. The van der Waals surface area contributed by atoms with Gasteiger partial charge in [0.1, 0.15) is 5.75 Å². The SMILES string of the molecule is CCCCC1(CC)CN(c2ccccc2)c2cc(SCC)c(O/C=C/C(=O)OCC)cc2S(=O)(=O)C1. The summed E-state index contributed by atoms with van der Waals surface area (Å²) in [5.41, 5.74) is 1.27. The first kappa shape index (κ1) is 28.1. The number of unbranched alkanes of at least 4 members (excludes halogenated alkanes) is 1. The maximum absolute atomic E-state index is 13.9. The van der Waals surface area contributed by atoms with Gasteiger partial charge in [0.05, 0.1) is 40.2 Å². The Morgan fingerprint density at radius 1 is 1.14 bits per heavy atom. The molecule has 3 rings (SSSR count). The third kappa shape index (κ3) is 6.65. The van der Waals surface area contributed by atoms with Crippen LogP contribution in [-0.4, -0.2) is 39.0 Å². The number of para-hydroxylation sites is 1. The van der Waals surface area contributed by atoms with E-state index in [4.69, 9.17) is 9.47 Å². The quantitative estimate of drug-likeness (QED) is 0.137. The first-order chi connectivity index (χ1) is 17.3. The molecule has 2 aromatic rings. The lowest BCUT2D eigenvalue weighted by atomic mass is 9.81. The van der Waals surface area contributed by atoms with Gasteiger partial charge in [-0.15, -0.1) is 11.8 Å². The molecule has 1 aliphatic heterocycles. The Balaban J connectivity index is 2.18. The van der Waals surface area contributed by atoms with Gasteiger partial charge in [0, 0.05) is 23.7 Å². The van der Waals surface area contributed by atoms with E-state index in [1.54, 1.807) is 24.8 Å². The molecule has 196 valence electrons. The fourth-order valence-corrected chi connectivity index (χ4v) is 7.51. The molecule has 0 aliphatic carbocycles. The molecule has 6 nitrogen and oxygen atoms in total. The van der Waals surface area contributed by atoms with Gasteiger partial charge in [0.25, 0.3) is 0 Å². The lowest BCUT2D eigenvalue weighted by Gasteiger charge is -2.36. The van der Waals surface area contributed by atoms with Crippen molar-refractivity contribution in [3.8, 4) is 5.75 Å². The average Bonchev–Trinajstić information content (AvgIpc) is 2.96. The number of fused-ring (bicyclic) bond motifs is 1. The predicted octanol–water partition coefficient (Wildman–Crippen LogP) is 6.77. The molecule has 0 radical (unpaired) electrons. The Morgan fingerprint density at radius 3 is 2.53 bits per heavy atom. The van der Waals surface area contributed by atoms with Crippen LogP contribution in [0.5, 0.6) is 5.75 Å². The molecule has 0 N–H and O–H groups in total. The van der Waals surface area contributed by atoms with Gasteiger partial charge in [-0.1, -0.05) is 51.8 Å². The summed E-state index contributed by atoms with van der Waals surface area (Å²) in [7, 11) is -3.62. The van der Waals surface area contributed by atoms with Crippen molar-refractivity contribution >= 4 is 38.9 Å². The fraction of sp³-hybridized carbons (Fsp3) is 0.464. The summed E-state index contributed by atoms with van der Waals surface area (Å²) in [6.07, 6.45) is 6.07. The second kappa shape index (κ2) is 12.7. The molecule has 1 unspecified atom stereocenters. The molecular formula is C28H37NO5S2. The molecule has 0 bridgehead atoms.